The van der Waals surface area contributed by atoms with E-state index in [2.05, 4.69) is 48.5 Å². The van der Waals surface area contributed by atoms with Crippen LogP contribution in [0.4, 0.5) is 11.4 Å². The normalized spacial score (nSPS) is 10.5. The summed E-state index contributed by atoms with van der Waals surface area (Å²) in [6.45, 7) is 0. The van der Waals surface area contributed by atoms with Gasteiger partial charge in [-0.05, 0) is 58.7 Å². The number of hydrogen-bond donors (Lipinski definition) is 0. The molecule has 0 radical (unpaired) electrons. The van der Waals surface area contributed by atoms with Gasteiger partial charge in [-0.15, -0.1) is 0 Å². The second-order valence-electron chi connectivity index (χ2n) is 7.84. The van der Waals surface area contributed by atoms with Crippen LogP contribution in [0.5, 0.6) is 0 Å². The average Bonchev–Trinajstić information content (AvgIpc) is 2.91. The molecule has 0 bridgehead atoms. The first kappa shape index (κ1) is 20.5. The van der Waals surface area contributed by atoms with Gasteiger partial charge < -0.3 is 0 Å². The second-order valence-corrected chi connectivity index (χ2v) is 7.84. The van der Waals surface area contributed by atoms with Gasteiger partial charge in [0, 0.05) is 16.9 Å². The molecule has 0 unspecified atom stereocenters. The Hall–Kier alpha value is -4.43. The molecule has 0 heterocycles. The van der Waals surface area contributed by atoms with Gasteiger partial charge in [0.15, 0.2) is 0 Å². The van der Waals surface area contributed by atoms with E-state index >= 15 is 0 Å². The van der Waals surface area contributed by atoms with Crippen LogP contribution in [0.25, 0.3) is 22.3 Å². The number of amides is 1. The number of rotatable bonds is 5. The van der Waals surface area contributed by atoms with Gasteiger partial charge in [-0.25, -0.2) is 0 Å². The standard InChI is InChI=1S/C31H23NO/c33-31(26-16-8-3-9-17-26)32(29-20-10-18-27(22-29)24-12-4-1-5-13-24)30-21-11-19-28(23-30)25-14-6-2-7-15-25/h1-23H. The van der Waals surface area contributed by atoms with Gasteiger partial charge in [-0.2, -0.15) is 0 Å². The molecule has 0 spiro atoms. The third-order valence-corrected chi connectivity index (χ3v) is 5.65. The van der Waals surface area contributed by atoms with Crippen molar-refractivity contribution in [3.05, 3.63) is 145 Å². The highest BCUT2D eigenvalue weighted by atomic mass is 16.2. The molecule has 5 aromatic carbocycles. The SMILES string of the molecule is O=C(c1ccccc1)N(c1cccc(-c2ccccc2)c1)c1cccc(-c2ccccc2)c1. The lowest BCUT2D eigenvalue weighted by atomic mass is 10.0. The highest BCUT2D eigenvalue weighted by molar-refractivity contribution is 6.11. The Morgan fingerprint density at radius 1 is 0.424 bits per heavy atom. The highest BCUT2D eigenvalue weighted by Gasteiger charge is 2.20. The van der Waals surface area contributed by atoms with E-state index in [4.69, 9.17) is 0 Å². The number of hydrogen-bond acceptors (Lipinski definition) is 1. The van der Waals surface area contributed by atoms with Gasteiger partial charge in [0.2, 0.25) is 0 Å². The minimum atomic E-state index is -0.0639. The maximum atomic E-state index is 13.8. The summed E-state index contributed by atoms with van der Waals surface area (Å²) in [7, 11) is 0. The Kier molecular flexibility index (Phi) is 5.81. The summed E-state index contributed by atoms with van der Waals surface area (Å²) in [6, 6.07) is 46.2. The first-order valence-corrected chi connectivity index (χ1v) is 11.0. The summed E-state index contributed by atoms with van der Waals surface area (Å²) in [5.74, 6) is -0.0639. The number of benzene rings is 5. The molecule has 33 heavy (non-hydrogen) atoms. The fourth-order valence-corrected chi connectivity index (χ4v) is 4.00. The van der Waals surface area contributed by atoms with Crippen molar-refractivity contribution in [3.8, 4) is 22.3 Å². The van der Waals surface area contributed by atoms with Gasteiger partial charge in [0.25, 0.3) is 5.91 Å². The van der Waals surface area contributed by atoms with Crippen molar-refractivity contribution in [2.24, 2.45) is 0 Å². The lowest BCUT2D eigenvalue weighted by Gasteiger charge is -2.24. The molecule has 0 fully saturated rings. The molecule has 0 atom stereocenters. The van der Waals surface area contributed by atoms with E-state index < -0.39 is 0 Å². The Bertz CT molecular complexity index is 1280. The quantitative estimate of drug-likeness (QED) is 0.279. The minimum absolute atomic E-state index is 0.0639. The van der Waals surface area contributed by atoms with Gasteiger partial charge in [-0.1, -0.05) is 103 Å². The van der Waals surface area contributed by atoms with Crippen LogP contribution < -0.4 is 4.90 Å². The third kappa shape index (κ3) is 4.46. The van der Waals surface area contributed by atoms with E-state index in [0.29, 0.717) is 5.56 Å². The minimum Gasteiger partial charge on any atom is -0.277 e. The lowest BCUT2D eigenvalue weighted by Crippen LogP contribution is -2.26. The van der Waals surface area contributed by atoms with Crippen molar-refractivity contribution in [1.82, 2.24) is 0 Å². The van der Waals surface area contributed by atoms with Gasteiger partial charge in [0.05, 0.1) is 0 Å². The Morgan fingerprint density at radius 3 is 1.27 bits per heavy atom. The van der Waals surface area contributed by atoms with Gasteiger partial charge >= 0.3 is 0 Å². The van der Waals surface area contributed by atoms with E-state index in [0.717, 1.165) is 33.6 Å². The highest BCUT2D eigenvalue weighted by Crippen LogP contribution is 2.33. The molecule has 0 aliphatic heterocycles. The predicted octanol–water partition coefficient (Wildman–Crippen LogP) is 8.00. The number of nitrogens with zero attached hydrogens (tertiary/aromatic N) is 1. The molecule has 0 aromatic heterocycles. The molecule has 1 amide bonds. The van der Waals surface area contributed by atoms with Crippen molar-refractivity contribution >= 4 is 17.3 Å². The summed E-state index contributed by atoms with van der Waals surface area (Å²) in [5, 5.41) is 0. The van der Waals surface area contributed by atoms with Crippen LogP contribution in [0.1, 0.15) is 10.4 Å². The number of carbonyl (C=O) groups is 1. The summed E-state index contributed by atoms with van der Waals surface area (Å²) >= 11 is 0. The van der Waals surface area contributed by atoms with Crippen LogP contribution in [0.3, 0.4) is 0 Å². The first-order valence-electron chi connectivity index (χ1n) is 11.0. The molecular formula is C31H23NO. The molecule has 0 aliphatic rings. The fourth-order valence-electron chi connectivity index (χ4n) is 4.00. The molecule has 2 heteroatoms. The molecule has 158 valence electrons. The van der Waals surface area contributed by atoms with Crippen LogP contribution >= 0.6 is 0 Å². The second kappa shape index (κ2) is 9.37. The van der Waals surface area contributed by atoms with Crippen molar-refractivity contribution < 1.29 is 4.79 Å². The monoisotopic (exact) mass is 425 g/mol. The molecule has 5 rings (SSSR count). The van der Waals surface area contributed by atoms with Crippen LogP contribution in [-0.2, 0) is 0 Å². The molecule has 0 saturated carbocycles. The molecule has 0 N–H and O–H groups in total. The van der Waals surface area contributed by atoms with Crippen molar-refractivity contribution in [2.75, 3.05) is 4.90 Å². The van der Waals surface area contributed by atoms with Crippen molar-refractivity contribution in [1.29, 1.82) is 0 Å². The maximum Gasteiger partial charge on any atom is 0.262 e. The topological polar surface area (TPSA) is 20.3 Å². The number of carbonyl (C=O) groups excluding carboxylic acids is 1. The van der Waals surface area contributed by atoms with E-state index in [1.54, 1.807) is 4.90 Å². The van der Waals surface area contributed by atoms with Crippen LogP contribution in [0.2, 0.25) is 0 Å². The predicted molar refractivity (Wildman–Crippen MR) is 137 cm³/mol. The fraction of sp³-hybridized carbons (Fsp3) is 0. The zero-order valence-electron chi connectivity index (χ0n) is 18.1. The zero-order chi connectivity index (χ0) is 22.5. The Morgan fingerprint density at radius 2 is 0.818 bits per heavy atom. The van der Waals surface area contributed by atoms with Crippen LogP contribution in [-0.4, -0.2) is 5.91 Å². The van der Waals surface area contributed by atoms with Crippen LogP contribution in [0.15, 0.2) is 140 Å². The lowest BCUT2D eigenvalue weighted by molar-refractivity contribution is 0.0999. The Balaban J connectivity index is 1.63. The molecule has 0 aliphatic carbocycles. The molecular weight excluding hydrogens is 402 g/mol. The van der Waals surface area contributed by atoms with Crippen LogP contribution in [0, 0.1) is 0 Å². The molecule has 0 saturated heterocycles. The summed E-state index contributed by atoms with van der Waals surface area (Å²) in [5.41, 5.74) is 6.67. The summed E-state index contributed by atoms with van der Waals surface area (Å²) in [4.78, 5) is 15.6. The smallest absolute Gasteiger partial charge is 0.262 e. The summed E-state index contributed by atoms with van der Waals surface area (Å²) in [6.07, 6.45) is 0. The van der Waals surface area contributed by atoms with Crippen molar-refractivity contribution in [2.45, 2.75) is 0 Å². The summed E-state index contributed by atoms with van der Waals surface area (Å²) < 4.78 is 0. The zero-order valence-corrected chi connectivity index (χ0v) is 18.1. The van der Waals surface area contributed by atoms with Gasteiger partial charge in [0.1, 0.15) is 0 Å². The molecule has 5 aromatic rings. The van der Waals surface area contributed by atoms with E-state index in [1.807, 2.05) is 91.0 Å². The third-order valence-electron chi connectivity index (χ3n) is 5.65. The van der Waals surface area contributed by atoms with Crippen molar-refractivity contribution in [3.63, 3.8) is 0 Å². The number of anilines is 2. The average molecular weight is 426 g/mol. The van der Waals surface area contributed by atoms with E-state index in [1.165, 1.54) is 0 Å². The van der Waals surface area contributed by atoms with E-state index in [-0.39, 0.29) is 5.91 Å². The maximum absolute atomic E-state index is 13.8. The largest absolute Gasteiger partial charge is 0.277 e. The Labute approximate surface area is 194 Å². The first-order chi connectivity index (χ1) is 16.3. The molecule has 2 nitrogen and oxygen atoms in total. The van der Waals surface area contributed by atoms with E-state index in [9.17, 15) is 4.79 Å². The van der Waals surface area contributed by atoms with Gasteiger partial charge in [-0.3, -0.25) is 9.69 Å².